The molecule has 0 spiro atoms. The number of benzene rings is 1. The van der Waals surface area contributed by atoms with Crippen LogP contribution in [0.1, 0.15) is 53.9 Å². The molecule has 0 bridgehead atoms. The Morgan fingerprint density at radius 3 is 2.77 bits per heavy atom. The Kier molecular flexibility index (Phi) is 3.47. The highest BCUT2D eigenvalue weighted by atomic mass is 16.6. The average Bonchev–Trinajstić information content (AvgIpc) is 2.89. The van der Waals surface area contributed by atoms with Crippen LogP contribution in [0.25, 0.3) is 0 Å². The molecule has 0 saturated heterocycles. The standard InChI is InChI=1S/C18H20O4/c1-11-9-12-5-4-8-18(2,3)13(12)10-15(11)22-16-7-6-14(21-16)17(19)20/h6-7,9-10H,4-5,8H2,1-3H3,(H,19,20). The molecule has 1 N–H and O–H groups in total. The summed E-state index contributed by atoms with van der Waals surface area (Å²) in [6, 6.07) is 7.18. The van der Waals surface area contributed by atoms with Gasteiger partial charge in [-0.15, -0.1) is 0 Å². The van der Waals surface area contributed by atoms with Gasteiger partial charge in [-0.25, -0.2) is 4.79 Å². The first-order valence-corrected chi connectivity index (χ1v) is 7.52. The van der Waals surface area contributed by atoms with Crippen molar-refractivity contribution in [3.63, 3.8) is 0 Å². The van der Waals surface area contributed by atoms with E-state index < -0.39 is 5.97 Å². The van der Waals surface area contributed by atoms with Crippen LogP contribution in [0.4, 0.5) is 0 Å². The predicted octanol–water partition coefficient (Wildman–Crippen LogP) is 4.69. The second-order valence-corrected chi connectivity index (χ2v) is 6.54. The van der Waals surface area contributed by atoms with Crippen LogP contribution in [0.3, 0.4) is 0 Å². The average molecular weight is 300 g/mol. The van der Waals surface area contributed by atoms with Crippen molar-refractivity contribution in [2.75, 3.05) is 0 Å². The monoisotopic (exact) mass is 300 g/mol. The third-order valence-electron chi connectivity index (χ3n) is 4.38. The number of rotatable bonds is 3. The van der Waals surface area contributed by atoms with E-state index in [1.54, 1.807) is 0 Å². The van der Waals surface area contributed by atoms with Gasteiger partial charge in [0.1, 0.15) is 5.75 Å². The summed E-state index contributed by atoms with van der Waals surface area (Å²) < 4.78 is 10.9. The highest BCUT2D eigenvalue weighted by Gasteiger charge is 2.28. The number of aryl methyl sites for hydroxylation is 2. The lowest BCUT2D eigenvalue weighted by Gasteiger charge is -2.33. The van der Waals surface area contributed by atoms with Gasteiger partial charge in [-0.1, -0.05) is 19.9 Å². The van der Waals surface area contributed by atoms with Crippen LogP contribution in [-0.4, -0.2) is 11.1 Å². The minimum atomic E-state index is -1.10. The smallest absolute Gasteiger partial charge is 0.371 e. The van der Waals surface area contributed by atoms with Crippen LogP contribution in [0, 0.1) is 6.92 Å². The Bertz CT molecular complexity index is 725. The maximum absolute atomic E-state index is 10.9. The van der Waals surface area contributed by atoms with E-state index in [0.29, 0.717) is 0 Å². The summed E-state index contributed by atoms with van der Waals surface area (Å²) in [5.74, 6) is -0.293. The van der Waals surface area contributed by atoms with Crippen LogP contribution < -0.4 is 4.74 Å². The largest absolute Gasteiger partial charge is 0.475 e. The van der Waals surface area contributed by atoms with Gasteiger partial charge in [0.25, 0.3) is 5.95 Å². The molecule has 1 aromatic carbocycles. The fraction of sp³-hybridized carbons (Fsp3) is 0.389. The Morgan fingerprint density at radius 2 is 2.09 bits per heavy atom. The van der Waals surface area contributed by atoms with Gasteiger partial charge in [-0.05, 0) is 60.4 Å². The maximum Gasteiger partial charge on any atom is 0.371 e. The molecule has 1 aliphatic rings. The van der Waals surface area contributed by atoms with Gasteiger partial charge >= 0.3 is 5.97 Å². The van der Waals surface area contributed by atoms with Crippen molar-refractivity contribution < 1.29 is 19.1 Å². The van der Waals surface area contributed by atoms with Gasteiger partial charge in [0.2, 0.25) is 5.76 Å². The van der Waals surface area contributed by atoms with Crippen molar-refractivity contribution in [2.24, 2.45) is 0 Å². The lowest BCUT2D eigenvalue weighted by Crippen LogP contribution is -2.23. The van der Waals surface area contributed by atoms with Crippen LogP contribution in [0.5, 0.6) is 11.7 Å². The first-order valence-electron chi connectivity index (χ1n) is 7.52. The highest BCUT2D eigenvalue weighted by molar-refractivity contribution is 5.84. The molecular weight excluding hydrogens is 280 g/mol. The third-order valence-corrected chi connectivity index (χ3v) is 4.38. The molecule has 1 heterocycles. The van der Waals surface area contributed by atoms with E-state index in [4.69, 9.17) is 14.3 Å². The Labute approximate surface area is 129 Å². The van der Waals surface area contributed by atoms with Gasteiger partial charge < -0.3 is 14.3 Å². The Morgan fingerprint density at radius 1 is 1.32 bits per heavy atom. The number of fused-ring (bicyclic) bond motifs is 1. The molecule has 0 atom stereocenters. The molecule has 0 amide bonds. The normalized spacial score (nSPS) is 16.1. The number of carbonyl (C=O) groups is 1. The number of ether oxygens (including phenoxy) is 1. The van der Waals surface area contributed by atoms with Crippen molar-refractivity contribution >= 4 is 5.97 Å². The van der Waals surface area contributed by atoms with E-state index in [0.717, 1.165) is 24.2 Å². The topological polar surface area (TPSA) is 59.7 Å². The highest BCUT2D eigenvalue weighted by Crippen LogP contribution is 2.40. The van der Waals surface area contributed by atoms with Crippen LogP contribution >= 0.6 is 0 Å². The molecule has 22 heavy (non-hydrogen) atoms. The number of carboxylic acids is 1. The fourth-order valence-corrected chi connectivity index (χ4v) is 3.15. The molecule has 1 aliphatic carbocycles. The summed E-state index contributed by atoms with van der Waals surface area (Å²) in [6.07, 6.45) is 3.47. The zero-order valence-corrected chi connectivity index (χ0v) is 13.1. The number of hydrogen-bond acceptors (Lipinski definition) is 3. The first kappa shape index (κ1) is 14.7. The van der Waals surface area contributed by atoms with Crippen molar-refractivity contribution in [2.45, 2.75) is 45.4 Å². The van der Waals surface area contributed by atoms with Gasteiger partial charge in [0.15, 0.2) is 0 Å². The van der Waals surface area contributed by atoms with E-state index in [2.05, 4.69) is 26.0 Å². The lowest BCUT2D eigenvalue weighted by molar-refractivity contribution is 0.0657. The molecular formula is C18H20O4. The fourth-order valence-electron chi connectivity index (χ4n) is 3.15. The van der Waals surface area contributed by atoms with Gasteiger partial charge in [0.05, 0.1) is 0 Å². The molecule has 4 heteroatoms. The van der Waals surface area contributed by atoms with E-state index in [-0.39, 0.29) is 17.1 Å². The maximum atomic E-state index is 10.9. The molecule has 0 unspecified atom stereocenters. The summed E-state index contributed by atoms with van der Waals surface area (Å²) in [6.45, 7) is 6.50. The van der Waals surface area contributed by atoms with Crippen LogP contribution in [0.15, 0.2) is 28.7 Å². The first-order chi connectivity index (χ1) is 10.4. The second kappa shape index (κ2) is 5.20. The van der Waals surface area contributed by atoms with E-state index in [9.17, 15) is 4.79 Å². The van der Waals surface area contributed by atoms with Gasteiger partial charge in [-0.3, -0.25) is 0 Å². The predicted molar refractivity (Wildman–Crippen MR) is 82.9 cm³/mol. The second-order valence-electron chi connectivity index (χ2n) is 6.54. The molecule has 1 aromatic heterocycles. The van der Waals surface area contributed by atoms with Gasteiger partial charge in [0, 0.05) is 6.07 Å². The summed E-state index contributed by atoms with van der Waals surface area (Å²) in [5.41, 5.74) is 3.86. The molecule has 0 fully saturated rings. The zero-order chi connectivity index (χ0) is 15.9. The van der Waals surface area contributed by atoms with Gasteiger partial charge in [-0.2, -0.15) is 0 Å². The number of hydrogen-bond donors (Lipinski definition) is 1. The molecule has 2 aromatic rings. The SMILES string of the molecule is Cc1cc2c(cc1Oc1ccc(C(=O)O)o1)C(C)(C)CCC2. The Hall–Kier alpha value is -2.23. The van der Waals surface area contributed by atoms with Crippen molar-refractivity contribution in [3.8, 4) is 11.7 Å². The summed E-state index contributed by atoms with van der Waals surface area (Å²) in [7, 11) is 0. The summed E-state index contributed by atoms with van der Waals surface area (Å²) in [5, 5.41) is 8.90. The number of aromatic carboxylic acids is 1. The van der Waals surface area contributed by atoms with E-state index in [1.807, 2.05) is 6.92 Å². The van der Waals surface area contributed by atoms with Crippen molar-refractivity contribution in [1.29, 1.82) is 0 Å². The number of furan rings is 1. The van der Waals surface area contributed by atoms with Crippen LogP contribution in [0.2, 0.25) is 0 Å². The molecule has 0 aliphatic heterocycles. The zero-order valence-electron chi connectivity index (χ0n) is 13.1. The molecule has 116 valence electrons. The minimum absolute atomic E-state index is 0.119. The van der Waals surface area contributed by atoms with Crippen molar-refractivity contribution in [1.82, 2.24) is 0 Å². The number of carboxylic acid groups (broad SMARTS) is 1. The minimum Gasteiger partial charge on any atom is -0.475 e. The third kappa shape index (κ3) is 2.61. The van der Waals surface area contributed by atoms with E-state index in [1.165, 1.54) is 29.7 Å². The lowest BCUT2D eigenvalue weighted by atomic mass is 9.72. The molecule has 0 saturated carbocycles. The van der Waals surface area contributed by atoms with Crippen LogP contribution in [-0.2, 0) is 11.8 Å². The Balaban J connectivity index is 1.95. The molecule has 0 radical (unpaired) electrons. The summed E-state index contributed by atoms with van der Waals surface area (Å²) in [4.78, 5) is 10.9. The quantitative estimate of drug-likeness (QED) is 0.893. The molecule has 4 nitrogen and oxygen atoms in total. The van der Waals surface area contributed by atoms with E-state index >= 15 is 0 Å². The molecule has 3 rings (SSSR count). The summed E-state index contributed by atoms with van der Waals surface area (Å²) >= 11 is 0. The van der Waals surface area contributed by atoms with Crippen molar-refractivity contribution in [3.05, 3.63) is 46.7 Å².